The molecule has 6 aliphatic heterocycles. The number of anilines is 4. The summed E-state index contributed by atoms with van der Waals surface area (Å²) in [6.07, 6.45) is 8.03. The van der Waals surface area contributed by atoms with Crippen molar-refractivity contribution in [2.45, 2.75) is 141 Å². The van der Waals surface area contributed by atoms with Crippen molar-refractivity contribution in [1.82, 2.24) is 44.8 Å². The summed E-state index contributed by atoms with van der Waals surface area (Å²) >= 11 is 0. The zero-order valence-electron chi connectivity index (χ0n) is 50.5. The maximum atomic E-state index is 16.0. The van der Waals surface area contributed by atoms with Gasteiger partial charge in [-0.1, -0.05) is 18.6 Å². The fourth-order valence-electron chi connectivity index (χ4n) is 14.5. The van der Waals surface area contributed by atoms with Crippen LogP contribution in [0.4, 0.5) is 27.3 Å². The lowest BCUT2D eigenvalue weighted by molar-refractivity contribution is -0.136. The van der Waals surface area contributed by atoms with E-state index >= 15 is 9.18 Å². The van der Waals surface area contributed by atoms with Gasteiger partial charge >= 0.3 is 0 Å². The number of imidazole rings is 1. The molecule has 4 aromatic carbocycles. The molecule has 4 saturated heterocycles. The first-order valence-corrected chi connectivity index (χ1v) is 31.1. The highest BCUT2D eigenvalue weighted by molar-refractivity contribution is 6.24. The summed E-state index contributed by atoms with van der Waals surface area (Å²) < 4.78 is 18.0. The van der Waals surface area contributed by atoms with Crippen LogP contribution in [-0.2, 0) is 19.8 Å². The van der Waals surface area contributed by atoms with Gasteiger partial charge in [0.05, 0.1) is 39.8 Å². The van der Waals surface area contributed by atoms with Crippen LogP contribution < -0.4 is 25.8 Å². The molecular weight excluding hydrogens is 1120 g/mol. The van der Waals surface area contributed by atoms with E-state index < -0.39 is 40.9 Å². The molecule has 1 aliphatic carbocycles. The zero-order valence-corrected chi connectivity index (χ0v) is 50.5. The molecule has 3 N–H and O–H groups in total. The lowest BCUT2D eigenvalue weighted by atomic mass is 9.73. The van der Waals surface area contributed by atoms with Crippen molar-refractivity contribution < 1.29 is 42.7 Å². The van der Waals surface area contributed by atoms with Crippen LogP contribution >= 0.6 is 0 Å². The number of hydrogen-bond donors (Lipinski definition) is 3. The fourth-order valence-corrected chi connectivity index (χ4v) is 14.5. The molecule has 7 aliphatic rings. The van der Waals surface area contributed by atoms with Gasteiger partial charge in [0.25, 0.3) is 29.5 Å². The summed E-state index contributed by atoms with van der Waals surface area (Å²) in [6.45, 7) is 15.6. The van der Waals surface area contributed by atoms with Crippen LogP contribution in [0.25, 0.3) is 22.3 Å². The summed E-state index contributed by atoms with van der Waals surface area (Å²) in [5.41, 5.74) is 6.47. The van der Waals surface area contributed by atoms with Crippen LogP contribution in [0.1, 0.15) is 161 Å². The van der Waals surface area contributed by atoms with Gasteiger partial charge in [0.2, 0.25) is 17.7 Å². The average molecular weight is 1190 g/mol. The molecule has 21 heteroatoms. The van der Waals surface area contributed by atoms with Crippen LogP contribution in [0.15, 0.2) is 85.2 Å². The SMILES string of the molecule is Cc1cc(F)c(Nc2nc(-c3ccc4c(c3)N(C3CC(N5CCCCC5)C3)C(=O)C43CCN(C(=O)c4ccc(C(=O)N5CCN(c6ccc7c(c6)C(=O)N(C6CCC(=O)NC6=O)C7=O)CC5C)cc4)CC3)cc3ncn(C(C)C)c23)cc1C(=O)NC(C)C. The molecule has 13 rings (SSSR count). The highest BCUT2D eigenvalue weighted by Crippen LogP contribution is 2.52. The molecule has 8 heterocycles. The van der Waals surface area contributed by atoms with Gasteiger partial charge in [0.1, 0.15) is 17.4 Å². The zero-order chi connectivity index (χ0) is 61.6. The third-order valence-electron chi connectivity index (χ3n) is 19.4. The highest BCUT2D eigenvalue weighted by Gasteiger charge is 2.56. The standard InChI is InChI=1S/C67H73FN12O8/c1-37(2)70-60(82)48-33-53(51(68)28-39(48)5)72-59-58-54(69-36-78(58)38(3)4)34-52(71-59)43-14-17-50-56(29-43)79(46-30-45(31-46)74-22-8-7-9-23-74)66(88)67(50)20-24-75(25-21-67)62(84)41-10-12-42(13-11-41)63(85)77-27-26-76(35-40(77)6)44-15-16-47-49(32-44)65(87)80(64(47)86)55-18-19-57(81)73-61(55)83/h10-17,28-29,32-34,36-38,40,45-46,55H,7-9,18-27,30-31,35H2,1-6H3,(H,70,82)(H,71,72)(H,73,81,83). The largest absolute Gasteiger partial charge is 0.368 e. The van der Waals surface area contributed by atoms with E-state index in [1.54, 1.807) is 65.5 Å². The number of fused-ring (bicyclic) bond motifs is 4. The summed E-state index contributed by atoms with van der Waals surface area (Å²) in [7, 11) is 0. The first-order valence-electron chi connectivity index (χ1n) is 31.1. The lowest BCUT2D eigenvalue weighted by Gasteiger charge is -2.48. The van der Waals surface area contributed by atoms with Crippen LogP contribution in [0, 0.1) is 12.7 Å². The van der Waals surface area contributed by atoms with Crippen molar-refractivity contribution in [2.75, 3.05) is 60.9 Å². The van der Waals surface area contributed by atoms with Gasteiger partial charge in [-0.05, 0) is 177 Å². The van der Waals surface area contributed by atoms with Crippen LogP contribution in [0.2, 0.25) is 0 Å². The van der Waals surface area contributed by atoms with Crippen molar-refractivity contribution in [3.63, 3.8) is 0 Å². The van der Waals surface area contributed by atoms with Crippen LogP contribution in [0.5, 0.6) is 0 Å². The first kappa shape index (κ1) is 58.2. The Bertz CT molecular complexity index is 3900. The number of rotatable bonds is 12. The van der Waals surface area contributed by atoms with Crippen LogP contribution in [0.3, 0.4) is 0 Å². The van der Waals surface area contributed by atoms with E-state index in [9.17, 15) is 33.6 Å². The Labute approximate surface area is 509 Å². The van der Waals surface area contributed by atoms with E-state index in [0.717, 1.165) is 47.6 Å². The Morgan fingerprint density at radius 3 is 2.17 bits per heavy atom. The van der Waals surface area contributed by atoms with E-state index in [1.807, 2.05) is 56.2 Å². The van der Waals surface area contributed by atoms with Gasteiger partial charge in [-0.15, -0.1) is 0 Å². The molecule has 2 aromatic heterocycles. The lowest BCUT2D eigenvalue weighted by Crippen LogP contribution is -2.58. The Morgan fingerprint density at radius 1 is 0.761 bits per heavy atom. The van der Waals surface area contributed by atoms with Gasteiger partial charge < -0.3 is 39.7 Å². The average Bonchev–Trinajstić information content (AvgIpc) is 1.57. The topological polar surface area (TPSA) is 223 Å². The molecular formula is C67H73FN12O8. The molecule has 20 nitrogen and oxygen atoms in total. The number of pyridine rings is 1. The molecule has 2 unspecified atom stereocenters. The van der Waals surface area contributed by atoms with E-state index in [1.165, 1.54) is 31.4 Å². The molecule has 6 aromatic rings. The fraction of sp³-hybridized carbons (Fsp3) is 0.433. The second-order valence-electron chi connectivity index (χ2n) is 25.6. The smallest absolute Gasteiger partial charge is 0.262 e. The van der Waals surface area contributed by atoms with Gasteiger partial charge in [-0.25, -0.2) is 14.4 Å². The molecule has 0 bridgehead atoms. The molecule has 5 fully saturated rings. The Morgan fingerprint density at radius 2 is 1.48 bits per heavy atom. The van der Waals surface area contributed by atoms with Gasteiger partial charge in [0, 0.05) is 103 Å². The molecule has 1 saturated carbocycles. The predicted octanol–water partition coefficient (Wildman–Crippen LogP) is 8.30. The third-order valence-corrected chi connectivity index (χ3v) is 19.4. The minimum atomic E-state index is -1.06. The quantitative estimate of drug-likeness (QED) is 0.0983. The van der Waals surface area contributed by atoms with Gasteiger partial charge in [-0.3, -0.25) is 48.6 Å². The van der Waals surface area contributed by atoms with Crippen molar-refractivity contribution in [1.29, 1.82) is 0 Å². The normalized spacial score (nSPS) is 22.0. The number of imide groups is 2. The number of piperazine rings is 1. The van der Waals surface area contributed by atoms with Crippen LogP contribution in [-0.4, -0.2) is 157 Å². The van der Waals surface area contributed by atoms with E-state index in [2.05, 4.69) is 37.9 Å². The van der Waals surface area contributed by atoms with E-state index in [-0.39, 0.29) is 77.5 Å². The molecule has 0 radical (unpaired) electrons. The number of carbonyl (C=O) groups excluding carboxylic acids is 8. The Balaban J connectivity index is 0.713. The summed E-state index contributed by atoms with van der Waals surface area (Å²) in [5.74, 6) is -3.05. The molecule has 456 valence electrons. The van der Waals surface area contributed by atoms with Crippen molar-refractivity contribution in [3.05, 3.63) is 130 Å². The number of amides is 8. The third kappa shape index (κ3) is 10.1. The number of carbonyl (C=O) groups is 8. The maximum Gasteiger partial charge on any atom is 0.262 e. The number of hydrogen-bond acceptors (Lipinski definition) is 13. The monoisotopic (exact) mass is 1190 g/mol. The van der Waals surface area contributed by atoms with E-state index in [4.69, 9.17) is 9.97 Å². The minimum absolute atomic E-state index is 0.00656. The number of nitrogens with zero attached hydrogens (tertiary/aromatic N) is 9. The van der Waals surface area contributed by atoms with Crippen molar-refractivity contribution in [2.24, 2.45) is 0 Å². The van der Waals surface area contributed by atoms with Gasteiger partial charge in [0.15, 0.2) is 5.82 Å². The van der Waals surface area contributed by atoms with E-state index in [0.29, 0.717) is 102 Å². The molecule has 1 spiro atoms. The van der Waals surface area contributed by atoms with Gasteiger partial charge in [-0.2, -0.15) is 0 Å². The number of nitrogens with one attached hydrogen (secondary N) is 3. The Hall–Kier alpha value is -8.85. The number of aryl methyl sites for hydroxylation is 1. The number of benzene rings is 4. The summed E-state index contributed by atoms with van der Waals surface area (Å²) in [4.78, 5) is 130. The van der Waals surface area contributed by atoms with Crippen molar-refractivity contribution >= 4 is 81.2 Å². The number of piperidine rings is 3. The molecule has 8 amide bonds. The number of halogens is 1. The molecule has 2 atom stereocenters. The maximum absolute atomic E-state index is 16.0. The first-order chi connectivity index (χ1) is 42.3. The predicted molar refractivity (Wildman–Crippen MR) is 329 cm³/mol. The Kier molecular flexibility index (Phi) is 15.0. The number of aromatic nitrogens is 3. The highest BCUT2D eigenvalue weighted by atomic mass is 19.1. The summed E-state index contributed by atoms with van der Waals surface area (Å²) in [6, 6.07) is 21.7. The minimum Gasteiger partial charge on any atom is -0.368 e. The number of likely N-dealkylation sites (tertiary alicyclic amines) is 2. The molecule has 88 heavy (non-hydrogen) atoms. The second-order valence-corrected chi connectivity index (χ2v) is 25.6. The van der Waals surface area contributed by atoms with Crippen molar-refractivity contribution in [3.8, 4) is 11.3 Å². The summed E-state index contributed by atoms with van der Waals surface area (Å²) in [5, 5.41) is 8.41. The second kappa shape index (κ2) is 22.7.